The Morgan fingerprint density at radius 2 is 2.36 bits per heavy atom. The topological polar surface area (TPSA) is 96.7 Å². The van der Waals surface area contributed by atoms with E-state index in [2.05, 4.69) is 20.5 Å². The zero-order valence-corrected chi connectivity index (χ0v) is 8.21. The molecule has 0 radical (unpaired) electrons. The van der Waals surface area contributed by atoms with Crippen molar-refractivity contribution in [1.82, 2.24) is 20.5 Å². The second kappa shape index (κ2) is 5.33. The fourth-order valence-electron chi connectivity index (χ4n) is 0.995. The van der Waals surface area contributed by atoms with Gasteiger partial charge in [-0.2, -0.15) is 0 Å². The van der Waals surface area contributed by atoms with Crippen molar-refractivity contribution in [3.63, 3.8) is 0 Å². The van der Waals surface area contributed by atoms with Crippen LogP contribution in [0.4, 0.5) is 0 Å². The molecule has 0 unspecified atom stereocenters. The van der Waals surface area contributed by atoms with Crippen LogP contribution in [-0.2, 0) is 0 Å². The molecule has 0 aliphatic carbocycles. The number of unbranched alkanes of at least 4 members (excludes halogenated alkanes) is 1. The summed E-state index contributed by atoms with van der Waals surface area (Å²) in [5, 5.41) is 9.06. The predicted molar refractivity (Wildman–Crippen MR) is 51.7 cm³/mol. The van der Waals surface area contributed by atoms with Gasteiger partial charge in [-0.1, -0.05) is 0 Å². The van der Waals surface area contributed by atoms with E-state index < -0.39 is 0 Å². The van der Waals surface area contributed by atoms with Gasteiger partial charge in [0, 0.05) is 6.54 Å². The number of amides is 1. The lowest BCUT2D eigenvalue weighted by atomic mass is 10.3. The van der Waals surface area contributed by atoms with Gasteiger partial charge in [0.2, 0.25) is 5.82 Å². The zero-order valence-electron chi connectivity index (χ0n) is 8.21. The highest BCUT2D eigenvalue weighted by atomic mass is 16.2. The van der Waals surface area contributed by atoms with Crippen molar-refractivity contribution in [3.8, 4) is 0 Å². The molecule has 1 rings (SSSR count). The van der Waals surface area contributed by atoms with Crippen LogP contribution in [-0.4, -0.2) is 34.2 Å². The molecule has 0 aromatic carbocycles. The molecule has 0 aliphatic heterocycles. The lowest BCUT2D eigenvalue weighted by molar-refractivity contribution is 0.0943. The number of carbonyl (C=O) groups excluding carboxylic acids is 1. The van der Waals surface area contributed by atoms with E-state index in [4.69, 9.17) is 5.73 Å². The van der Waals surface area contributed by atoms with Crippen LogP contribution >= 0.6 is 0 Å². The van der Waals surface area contributed by atoms with Crippen LogP contribution in [0.15, 0.2) is 0 Å². The Kier molecular flexibility index (Phi) is 4.06. The van der Waals surface area contributed by atoms with Gasteiger partial charge >= 0.3 is 0 Å². The minimum absolute atomic E-state index is 0.190. The van der Waals surface area contributed by atoms with Gasteiger partial charge < -0.3 is 11.1 Å². The van der Waals surface area contributed by atoms with Crippen LogP contribution in [0.3, 0.4) is 0 Å². The number of H-pyrrole nitrogens is 1. The summed E-state index contributed by atoms with van der Waals surface area (Å²) in [5.74, 6) is 0.582. The first-order valence-corrected chi connectivity index (χ1v) is 4.61. The molecule has 0 saturated heterocycles. The number of nitrogens with two attached hydrogens (primary N) is 1. The van der Waals surface area contributed by atoms with Crippen LogP contribution in [0, 0.1) is 6.92 Å². The number of hydrogen-bond acceptors (Lipinski definition) is 4. The summed E-state index contributed by atoms with van der Waals surface area (Å²) >= 11 is 0. The van der Waals surface area contributed by atoms with Gasteiger partial charge in [-0.3, -0.25) is 9.89 Å². The predicted octanol–water partition coefficient (Wildman–Crippen LogP) is -0.418. The minimum Gasteiger partial charge on any atom is -0.349 e. The lowest BCUT2D eigenvalue weighted by Gasteiger charge is -2.00. The first kappa shape index (κ1) is 10.6. The Labute approximate surface area is 82.3 Å². The SMILES string of the molecule is Cc1nc(C(=O)NCCCCN)n[nH]1. The molecule has 1 aromatic heterocycles. The number of nitrogens with zero attached hydrogens (tertiary/aromatic N) is 2. The molecule has 6 heteroatoms. The monoisotopic (exact) mass is 197 g/mol. The summed E-state index contributed by atoms with van der Waals surface area (Å²) in [6, 6.07) is 0. The standard InChI is InChI=1S/C8H15N5O/c1-6-11-7(13-12-6)8(14)10-5-3-2-4-9/h2-5,9H2,1H3,(H,10,14)(H,11,12,13). The molecule has 1 heterocycles. The van der Waals surface area contributed by atoms with Gasteiger partial charge in [0.1, 0.15) is 5.82 Å². The molecule has 78 valence electrons. The van der Waals surface area contributed by atoms with E-state index in [9.17, 15) is 4.79 Å². The summed E-state index contributed by atoms with van der Waals surface area (Å²) in [6.07, 6.45) is 1.79. The van der Waals surface area contributed by atoms with E-state index in [-0.39, 0.29) is 11.7 Å². The van der Waals surface area contributed by atoms with Crippen LogP contribution in [0.1, 0.15) is 29.3 Å². The zero-order chi connectivity index (χ0) is 10.4. The van der Waals surface area contributed by atoms with E-state index in [1.165, 1.54) is 0 Å². The highest BCUT2D eigenvalue weighted by Crippen LogP contribution is 1.91. The first-order chi connectivity index (χ1) is 6.74. The summed E-state index contributed by atoms with van der Waals surface area (Å²) < 4.78 is 0. The minimum atomic E-state index is -0.244. The van der Waals surface area contributed by atoms with Gasteiger partial charge in [0.25, 0.3) is 5.91 Å². The summed E-state index contributed by atoms with van der Waals surface area (Å²) in [6.45, 7) is 3.01. The van der Waals surface area contributed by atoms with Gasteiger partial charge in [-0.15, -0.1) is 5.10 Å². The number of aromatic nitrogens is 3. The van der Waals surface area contributed by atoms with Gasteiger partial charge in [-0.25, -0.2) is 4.98 Å². The van der Waals surface area contributed by atoms with Crippen molar-refractivity contribution in [2.45, 2.75) is 19.8 Å². The van der Waals surface area contributed by atoms with E-state index in [1.807, 2.05) is 0 Å². The third-order valence-corrected chi connectivity index (χ3v) is 1.72. The Morgan fingerprint density at radius 1 is 1.57 bits per heavy atom. The van der Waals surface area contributed by atoms with Crippen LogP contribution in [0.25, 0.3) is 0 Å². The molecule has 14 heavy (non-hydrogen) atoms. The third kappa shape index (κ3) is 3.14. The van der Waals surface area contributed by atoms with Crippen LogP contribution < -0.4 is 11.1 Å². The van der Waals surface area contributed by atoms with Crippen molar-refractivity contribution in [1.29, 1.82) is 0 Å². The van der Waals surface area contributed by atoms with Crippen molar-refractivity contribution in [3.05, 3.63) is 11.6 Å². The summed E-state index contributed by atoms with van der Waals surface area (Å²) in [5.41, 5.74) is 5.32. The second-order valence-electron chi connectivity index (χ2n) is 3.00. The molecule has 6 nitrogen and oxygen atoms in total. The Bertz CT molecular complexity index is 296. The van der Waals surface area contributed by atoms with E-state index in [0.717, 1.165) is 12.8 Å². The Balaban J connectivity index is 2.29. The number of rotatable bonds is 5. The smallest absolute Gasteiger partial charge is 0.290 e. The summed E-state index contributed by atoms with van der Waals surface area (Å²) in [4.78, 5) is 15.2. The van der Waals surface area contributed by atoms with Gasteiger partial charge in [-0.05, 0) is 26.3 Å². The number of aromatic amines is 1. The molecular weight excluding hydrogens is 182 g/mol. The van der Waals surface area contributed by atoms with Crippen molar-refractivity contribution >= 4 is 5.91 Å². The maximum atomic E-state index is 11.3. The van der Waals surface area contributed by atoms with Crippen molar-refractivity contribution < 1.29 is 4.79 Å². The number of carbonyl (C=O) groups is 1. The first-order valence-electron chi connectivity index (χ1n) is 4.61. The molecule has 0 spiro atoms. The molecule has 0 atom stereocenters. The maximum absolute atomic E-state index is 11.3. The number of nitrogens with one attached hydrogen (secondary N) is 2. The normalized spacial score (nSPS) is 10.1. The molecular formula is C8H15N5O. The summed E-state index contributed by atoms with van der Waals surface area (Å²) in [7, 11) is 0. The molecule has 0 fully saturated rings. The van der Waals surface area contributed by atoms with Crippen LogP contribution in [0.2, 0.25) is 0 Å². The second-order valence-corrected chi connectivity index (χ2v) is 3.00. The highest BCUT2D eigenvalue weighted by Gasteiger charge is 2.09. The Morgan fingerprint density at radius 3 is 2.93 bits per heavy atom. The average molecular weight is 197 g/mol. The van der Waals surface area contributed by atoms with E-state index in [1.54, 1.807) is 6.92 Å². The fourth-order valence-corrected chi connectivity index (χ4v) is 0.995. The molecule has 0 bridgehead atoms. The molecule has 1 aromatic rings. The quantitative estimate of drug-likeness (QED) is 0.558. The average Bonchev–Trinajstić information content (AvgIpc) is 2.59. The Hall–Kier alpha value is -1.43. The van der Waals surface area contributed by atoms with E-state index >= 15 is 0 Å². The maximum Gasteiger partial charge on any atom is 0.290 e. The largest absolute Gasteiger partial charge is 0.349 e. The van der Waals surface area contributed by atoms with Gasteiger partial charge in [0.05, 0.1) is 0 Å². The fraction of sp³-hybridized carbons (Fsp3) is 0.625. The van der Waals surface area contributed by atoms with Crippen molar-refractivity contribution in [2.75, 3.05) is 13.1 Å². The third-order valence-electron chi connectivity index (χ3n) is 1.72. The highest BCUT2D eigenvalue weighted by molar-refractivity contribution is 5.90. The van der Waals surface area contributed by atoms with E-state index in [0.29, 0.717) is 18.9 Å². The number of aryl methyl sites for hydroxylation is 1. The van der Waals surface area contributed by atoms with Gasteiger partial charge in [0.15, 0.2) is 0 Å². The molecule has 0 aliphatic rings. The lowest BCUT2D eigenvalue weighted by Crippen LogP contribution is -2.26. The molecule has 4 N–H and O–H groups in total. The molecule has 1 amide bonds. The van der Waals surface area contributed by atoms with Crippen molar-refractivity contribution in [2.24, 2.45) is 5.73 Å². The van der Waals surface area contributed by atoms with Crippen LogP contribution in [0.5, 0.6) is 0 Å². The number of hydrogen-bond donors (Lipinski definition) is 3. The molecule has 0 saturated carbocycles.